The first-order chi connectivity index (χ1) is 15.5. The lowest BCUT2D eigenvalue weighted by molar-refractivity contribution is -0.526. The molecule has 0 aliphatic heterocycles. The summed E-state index contributed by atoms with van der Waals surface area (Å²) in [6.07, 6.45) is 12.2. The zero-order chi connectivity index (χ0) is 23.1. The highest BCUT2D eigenvalue weighted by molar-refractivity contribution is 6.39. The van der Waals surface area contributed by atoms with Gasteiger partial charge in [-0.2, -0.15) is 0 Å². The summed E-state index contributed by atoms with van der Waals surface area (Å²) in [5, 5.41) is 12.9. The van der Waals surface area contributed by atoms with Crippen molar-refractivity contribution in [2.24, 2.45) is 0 Å². The summed E-state index contributed by atoms with van der Waals surface area (Å²) in [6.45, 7) is 12.7. The molecule has 4 heteroatoms. The van der Waals surface area contributed by atoms with Gasteiger partial charge in [-0.3, -0.25) is 4.79 Å². The SMILES string of the molecule is CCCN(CCC)c1ccc(C2=C([O-])C(=C3C=CC(=[N+](CCC)CCC)C=C3)C2=O)cc1. The van der Waals surface area contributed by atoms with Crippen molar-refractivity contribution in [2.75, 3.05) is 31.1 Å². The van der Waals surface area contributed by atoms with Gasteiger partial charge in [0.15, 0.2) is 11.5 Å². The van der Waals surface area contributed by atoms with Crippen LogP contribution in [0.4, 0.5) is 5.69 Å². The number of ketones is 1. The van der Waals surface area contributed by atoms with E-state index in [2.05, 4.69) is 37.2 Å². The second-order valence-electron chi connectivity index (χ2n) is 8.48. The zero-order valence-corrected chi connectivity index (χ0v) is 20.0. The van der Waals surface area contributed by atoms with Crippen LogP contribution in [0.5, 0.6) is 0 Å². The largest absolute Gasteiger partial charge is 0.871 e. The lowest BCUT2D eigenvalue weighted by atomic mass is 9.80. The molecule has 0 atom stereocenters. The average molecular weight is 433 g/mol. The molecule has 0 saturated heterocycles. The molecule has 3 rings (SSSR count). The summed E-state index contributed by atoms with van der Waals surface area (Å²) in [6, 6.07) is 7.87. The highest BCUT2D eigenvalue weighted by atomic mass is 16.3. The second kappa shape index (κ2) is 11.1. The number of nitrogens with zero attached hydrogens (tertiary/aromatic N) is 2. The summed E-state index contributed by atoms with van der Waals surface area (Å²) in [5.41, 5.74) is 4.34. The van der Waals surface area contributed by atoms with Gasteiger partial charge in [-0.25, -0.2) is 4.58 Å². The summed E-state index contributed by atoms with van der Waals surface area (Å²) < 4.78 is 2.35. The summed E-state index contributed by atoms with van der Waals surface area (Å²) in [7, 11) is 0. The van der Waals surface area contributed by atoms with Gasteiger partial charge < -0.3 is 10.0 Å². The van der Waals surface area contributed by atoms with Crippen LogP contribution in [-0.2, 0) is 4.79 Å². The van der Waals surface area contributed by atoms with E-state index >= 15 is 0 Å². The minimum atomic E-state index is -0.145. The third-order valence-corrected chi connectivity index (χ3v) is 5.92. The predicted molar refractivity (Wildman–Crippen MR) is 132 cm³/mol. The summed E-state index contributed by atoms with van der Waals surface area (Å²) >= 11 is 0. The van der Waals surface area contributed by atoms with Gasteiger partial charge in [-0.15, -0.1) is 0 Å². The van der Waals surface area contributed by atoms with Gasteiger partial charge in [-0.05, 0) is 48.3 Å². The molecule has 2 aliphatic rings. The Kier molecular flexibility index (Phi) is 8.26. The Morgan fingerprint density at radius 1 is 0.781 bits per heavy atom. The lowest BCUT2D eigenvalue weighted by Crippen LogP contribution is -2.30. The molecule has 32 heavy (non-hydrogen) atoms. The van der Waals surface area contributed by atoms with E-state index in [1.54, 1.807) is 0 Å². The molecule has 0 saturated carbocycles. The van der Waals surface area contributed by atoms with Crippen molar-refractivity contribution in [3.63, 3.8) is 0 Å². The fourth-order valence-corrected chi connectivity index (χ4v) is 4.42. The smallest absolute Gasteiger partial charge is 0.199 e. The van der Waals surface area contributed by atoms with Crippen LogP contribution in [0.15, 0.2) is 65.5 Å². The highest BCUT2D eigenvalue weighted by Gasteiger charge is 2.30. The monoisotopic (exact) mass is 432 g/mol. The maximum Gasteiger partial charge on any atom is 0.199 e. The zero-order valence-electron chi connectivity index (χ0n) is 20.0. The number of hydrogen-bond acceptors (Lipinski definition) is 3. The molecule has 0 spiro atoms. The van der Waals surface area contributed by atoms with E-state index in [9.17, 15) is 9.90 Å². The topological polar surface area (TPSA) is 46.4 Å². The van der Waals surface area contributed by atoms with Crippen molar-refractivity contribution in [2.45, 2.75) is 53.4 Å². The fourth-order valence-electron chi connectivity index (χ4n) is 4.42. The van der Waals surface area contributed by atoms with Gasteiger partial charge in [0.1, 0.15) is 13.1 Å². The van der Waals surface area contributed by atoms with Crippen LogP contribution in [0.25, 0.3) is 5.57 Å². The van der Waals surface area contributed by atoms with Crippen molar-refractivity contribution < 1.29 is 14.5 Å². The van der Waals surface area contributed by atoms with Crippen LogP contribution < -0.4 is 10.0 Å². The van der Waals surface area contributed by atoms with Crippen LogP contribution in [0.2, 0.25) is 0 Å². The van der Waals surface area contributed by atoms with Crippen molar-refractivity contribution in [3.05, 3.63) is 71.0 Å². The first kappa shape index (κ1) is 23.8. The molecule has 0 aromatic heterocycles. The quantitative estimate of drug-likeness (QED) is 0.399. The predicted octanol–water partition coefficient (Wildman–Crippen LogP) is 4.66. The number of anilines is 1. The number of hydrogen-bond donors (Lipinski definition) is 0. The number of carbonyl (C=O) groups excluding carboxylic acids is 1. The van der Waals surface area contributed by atoms with Gasteiger partial charge in [0.25, 0.3) is 0 Å². The third kappa shape index (κ3) is 4.95. The fraction of sp³-hybridized carbons (Fsp3) is 0.429. The van der Waals surface area contributed by atoms with Crippen LogP contribution in [0, 0.1) is 0 Å². The first-order valence-corrected chi connectivity index (χ1v) is 12.1. The average Bonchev–Trinajstić information content (AvgIpc) is 2.80. The number of Topliss-reactive ketones (excluding diaryl/α,β-unsaturated/α-hetero) is 1. The Morgan fingerprint density at radius 3 is 1.81 bits per heavy atom. The van der Waals surface area contributed by atoms with E-state index in [4.69, 9.17) is 0 Å². The normalized spacial score (nSPS) is 15.5. The Hall–Kier alpha value is -2.88. The van der Waals surface area contributed by atoms with Crippen molar-refractivity contribution in [1.82, 2.24) is 0 Å². The van der Waals surface area contributed by atoms with Gasteiger partial charge in [0.2, 0.25) is 0 Å². The molecule has 0 N–H and O–H groups in total. The van der Waals surface area contributed by atoms with E-state index in [1.165, 1.54) is 0 Å². The molecule has 0 fully saturated rings. The van der Waals surface area contributed by atoms with E-state index in [-0.39, 0.29) is 11.5 Å². The van der Waals surface area contributed by atoms with Gasteiger partial charge in [0, 0.05) is 54.9 Å². The number of benzene rings is 1. The Balaban J connectivity index is 1.84. The van der Waals surface area contributed by atoms with Gasteiger partial charge >= 0.3 is 0 Å². The van der Waals surface area contributed by atoms with Crippen LogP contribution >= 0.6 is 0 Å². The number of rotatable bonds is 10. The van der Waals surface area contributed by atoms with Crippen LogP contribution in [0.1, 0.15) is 58.9 Å². The molecular formula is C28H36N2O2. The Labute approximate surface area is 193 Å². The molecule has 1 aromatic carbocycles. The highest BCUT2D eigenvalue weighted by Crippen LogP contribution is 2.37. The number of carbonyl (C=O) groups is 1. The molecule has 0 radical (unpaired) electrons. The molecule has 170 valence electrons. The molecule has 0 unspecified atom stereocenters. The maximum absolute atomic E-state index is 12.9. The van der Waals surface area contributed by atoms with Crippen LogP contribution in [-0.4, -0.2) is 42.2 Å². The summed E-state index contributed by atoms with van der Waals surface area (Å²) in [4.78, 5) is 15.3. The van der Waals surface area contributed by atoms with Crippen molar-refractivity contribution in [1.29, 1.82) is 0 Å². The minimum absolute atomic E-state index is 0.145. The Bertz CT molecular complexity index is 959. The van der Waals surface area contributed by atoms with Crippen molar-refractivity contribution in [3.8, 4) is 0 Å². The Morgan fingerprint density at radius 2 is 1.34 bits per heavy atom. The van der Waals surface area contributed by atoms with E-state index in [1.807, 2.05) is 48.6 Å². The van der Waals surface area contributed by atoms with Gasteiger partial charge in [0.05, 0.1) is 0 Å². The third-order valence-electron chi connectivity index (χ3n) is 5.92. The maximum atomic E-state index is 12.9. The summed E-state index contributed by atoms with van der Waals surface area (Å²) in [5.74, 6) is -0.290. The van der Waals surface area contributed by atoms with Gasteiger partial charge in [-0.1, -0.05) is 45.6 Å². The van der Waals surface area contributed by atoms with E-state index in [0.29, 0.717) is 22.3 Å². The second-order valence-corrected chi connectivity index (χ2v) is 8.48. The van der Waals surface area contributed by atoms with E-state index < -0.39 is 0 Å². The van der Waals surface area contributed by atoms with Crippen LogP contribution in [0.3, 0.4) is 0 Å². The first-order valence-electron chi connectivity index (χ1n) is 12.1. The molecule has 0 heterocycles. The number of allylic oxidation sites excluding steroid dienone is 7. The molecule has 0 amide bonds. The molecule has 1 aromatic rings. The molecular weight excluding hydrogens is 396 g/mol. The van der Waals surface area contributed by atoms with Crippen molar-refractivity contribution >= 4 is 22.8 Å². The van der Waals surface area contributed by atoms with E-state index in [0.717, 1.165) is 63.3 Å². The molecule has 0 bridgehead atoms. The lowest BCUT2D eigenvalue weighted by Gasteiger charge is -2.32. The molecule has 4 nitrogen and oxygen atoms in total. The molecule has 2 aliphatic carbocycles. The minimum Gasteiger partial charge on any atom is -0.871 e. The standard InChI is InChI=1S/C28H36N2O2/c1-5-17-29(18-6-2)23-13-9-21(10-14-23)25-27(31)26(28(25)32)22-11-15-24(16-12-22)30(19-7-3)20-8-4/h9-16H,5-8,17-20H2,1-4H3.